The molecule has 2 aromatic carbocycles. The Morgan fingerprint density at radius 3 is 2.63 bits per heavy atom. The number of fused-ring (bicyclic) bond motifs is 3. The molecule has 5 heteroatoms. The van der Waals surface area contributed by atoms with E-state index in [1.54, 1.807) is 0 Å². The number of benzene rings is 2. The minimum atomic E-state index is -0.771. The van der Waals surface area contributed by atoms with Crippen LogP contribution in [0.25, 0.3) is 11.1 Å². The topological polar surface area (TPSA) is 66.8 Å². The van der Waals surface area contributed by atoms with Crippen LogP contribution in [0.3, 0.4) is 0 Å². The minimum Gasteiger partial charge on any atom is -0.508 e. The normalized spacial score (nSPS) is 13.2. The number of carbonyl (C=O) groups is 1. The van der Waals surface area contributed by atoms with Gasteiger partial charge in [-0.3, -0.25) is 0 Å². The van der Waals surface area contributed by atoms with E-state index in [1.807, 2.05) is 0 Å². The quantitative estimate of drug-likeness (QED) is 0.714. The molecule has 19 heavy (non-hydrogen) atoms. The highest BCUT2D eigenvalue weighted by Crippen LogP contribution is 2.36. The molecule has 1 heterocycles. The lowest BCUT2D eigenvalue weighted by atomic mass is 9.96. The molecule has 0 fully saturated rings. The standard InChI is InChI=1S/C14H9FO4/c15-12-5-10-7(3-13(12)17)6-19-14(18)11-4-8(16)1-2-9(10)11/h1-5,16-17H,6H2. The number of phenolic OH excluding ortho intramolecular Hbond substituents is 2. The molecule has 0 unspecified atom stereocenters. The van der Waals surface area contributed by atoms with E-state index in [0.717, 1.165) is 6.07 Å². The van der Waals surface area contributed by atoms with Crippen LogP contribution in [0.4, 0.5) is 4.39 Å². The van der Waals surface area contributed by atoms with Gasteiger partial charge in [0.25, 0.3) is 0 Å². The Balaban J connectivity index is 2.32. The van der Waals surface area contributed by atoms with Crippen LogP contribution in [-0.2, 0) is 11.3 Å². The summed E-state index contributed by atoms with van der Waals surface area (Å²) in [5, 5.41) is 18.8. The summed E-state index contributed by atoms with van der Waals surface area (Å²) >= 11 is 0. The summed E-state index contributed by atoms with van der Waals surface area (Å²) in [4.78, 5) is 11.8. The van der Waals surface area contributed by atoms with Crippen molar-refractivity contribution in [1.29, 1.82) is 0 Å². The molecule has 0 aromatic heterocycles. The molecule has 0 aliphatic carbocycles. The number of ether oxygens (including phenoxy) is 1. The van der Waals surface area contributed by atoms with Gasteiger partial charge in [-0.05, 0) is 41.5 Å². The van der Waals surface area contributed by atoms with E-state index in [4.69, 9.17) is 4.74 Å². The van der Waals surface area contributed by atoms with Gasteiger partial charge in [-0.15, -0.1) is 0 Å². The molecule has 2 aromatic rings. The van der Waals surface area contributed by atoms with Crippen molar-refractivity contribution in [3.8, 4) is 22.6 Å². The summed E-state index contributed by atoms with van der Waals surface area (Å²) in [6, 6.07) is 6.60. The summed E-state index contributed by atoms with van der Waals surface area (Å²) in [5.74, 6) is -1.93. The van der Waals surface area contributed by atoms with Crippen molar-refractivity contribution >= 4 is 5.97 Å². The average Bonchev–Trinajstić information content (AvgIpc) is 2.50. The molecule has 1 aliphatic heterocycles. The van der Waals surface area contributed by atoms with E-state index in [-0.39, 0.29) is 17.9 Å². The number of phenols is 2. The molecule has 0 amide bonds. The van der Waals surface area contributed by atoms with Crippen LogP contribution in [0.1, 0.15) is 15.9 Å². The molecule has 0 spiro atoms. The predicted octanol–water partition coefficient (Wildman–Crippen LogP) is 2.57. The Hall–Kier alpha value is -2.56. The first-order valence-electron chi connectivity index (χ1n) is 5.58. The molecule has 0 atom stereocenters. The first-order chi connectivity index (χ1) is 9.06. The molecule has 2 N–H and O–H groups in total. The molecule has 0 saturated carbocycles. The van der Waals surface area contributed by atoms with Crippen molar-refractivity contribution in [2.24, 2.45) is 0 Å². The zero-order valence-electron chi connectivity index (χ0n) is 9.68. The summed E-state index contributed by atoms with van der Waals surface area (Å²) < 4.78 is 18.5. The Kier molecular flexibility index (Phi) is 2.41. The number of rotatable bonds is 0. The Morgan fingerprint density at radius 2 is 1.84 bits per heavy atom. The van der Waals surface area contributed by atoms with Gasteiger partial charge in [-0.25, -0.2) is 9.18 Å². The highest BCUT2D eigenvalue weighted by atomic mass is 19.1. The van der Waals surface area contributed by atoms with Crippen molar-refractivity contribution in [1.82, 2.24) is 0 Å². The molecule has 0 radical (unpaired) electrons. The lowest BCUT2D eigenvalue weighted by Crippen LogP contribution is -2.02. The fraction of sp³-hybridized carbons (Fsp3) is 0.0714. The van der Waals surface area contributed by atoms with Crippen molar-refractivity contribution < 1.29 is 24.1 Å². The van der Waals surface area contributed by atoms with Crippen LogP contribution in [0.5, 0.6) is 11.5 Å². The summed E-state index contributed by atoms with van der Waals surface area (Å²) in [6.07, 6.45) is 0. The molecule has 4 nitrogen and oxygen atoms in total. The van der Waals surface area contributed by atoms with E-state index in [2.05, 4.69) is 0 Å². The molecule has 1 aliphatic rings. The number of esters is 1. The first kappa shape index (κ1) is 11.5. The molecular weight excluding hydrogens is 251 g/mol. The van der Waals surface area contributed by atoms with Crippen LogP contribution >= 0.6 is 0 Å². The van der Waals surface area contributed by atoms with Crippen molar-refractivity contribution in [3.05, 3.63) is 47.3 Å². The van der Waals surface area contributed by atoms with Gasteiger partial charge >= 0.3 is 5.97 Å². The molecule has 0 saturated heterocycles. The van der Waals surface area contributed by atoms with E-state index >= 15 is 0 Å². The van der Waals surface area contributed by atoms with E-state index in [0.29, 0.717) is 16.7 Å². The van der Waals surface area contributed by atoms with Gasteiger partial charge in [0, 0.05) is 5.56 Å². The Morgan fingerprint density at radius 1 is 1.05 bits per heavy atom. The molecular formula is C14H9FO4. The van der Waals surface area contributed by atoms with Crippen molar-refractivity contribution in [2.45, 2.75) is 6.61 Å². The highest BCUT2D eigenvalue weighted by molar-refractivity contribution is 5.99. The van der Waals surface area contributed by atoms with Gasteiger partial charge in [-0.1, -0.05) is 0 Å². The maximum absolute atomic E-state index is 13.5. The maximum atomic E-state index is 13.5. The summed E-state index contributed by atoms with van der Waals surface area (Å²) in [6.45, 7) is -0.0581. The lowest BCUT2D eigenvalue weighted by Gasteiger charge is -2.08. The van der Waals surface area contributed by atoms with E-state index < -0.39 is 17.5 Å². The third kappa shape index (κ3) is 1.79. The zero-order valence-corrected chi connectivity index (χ0v) is 9.68. The second-order valence-electron chi connectivity index (χ2n) is 4.27. The van der Waals surface area contributed by atoms with Gasteiger partial charge in [-0.2, -0.15) is 0 Å². The Labute approximate surface area is 107 Å². The summed E-state index contributed by atoms with van der Waals surface area (Å²) in [5.41, 5.74) is 1.62. The van der Waals surface area contributed by atoms with Gasteiger partial charge in [0.2, 0.25) is 0 Å². The van der Waals surface area contributed by atoms with Gasteiger partial charge in [0.15, 0.2) is 11.6 Å². The van der Waals surface area contributed by atoms with Gasteiger partial charge in [0.1, 0.15) is 12.4 Å². The molecule has 0 bridgehead atoms. The zero-order chi connectivity index (χ0) is 13.6. The molecule has 3 rings (SSSR count). The molecule has 96 valence electrons. The number of aromatic hydroxyl groups is 2. The fourth-order valence-corrected chi connectivity index (χ4v) is 2.13. The second-order valence-corrected chi connectivity index (χ2v) is 4.27. The largest absolute Gasteiger partial charge is 0.508 e. The minimum absolute atomic E-state index is 0.0581. The number of carbonyl (C=O) groups excluding carboxylic acids is 1. The third-order valence-electron chi connectivity index (χ3n) is 3.04. The first-order valence-corrected chi connectivity index (χ1v) is 5.58. The van der Waals surface area contributed by atoms with Gasteiger partial charge in [0.05, 0.1) is 5.56 Å². The number of hydrogen-bond donors (Lipinski definition) is 2. The van der Waals surface area contributed by atoms with E-state index in [1.165, 1.54) is 24.3 Å². The third-order valence-corrected chi connectivity index (χ3v) is 3.04. The van der Waals surface area contributed by atoms with E-state index in [9.17, 15) is 19.4 Å². The van der Waals surface area contributed by atoms with Crippen molar-refractivity contribution in [2.75, 3.05) is 0 Å². The average molecular weight is 260 g/mol. The van der Waals surface area contributed by atoms with Crippen LogP contribution in [0.2, 0.25) is 0 Å². The van der Waals surface area contributed by atoms with Gasteiger partial charge < -0.3 is 14.9 Å². The second kappa shape index (κ2) is 3.98. The van der Waals surface area contributed by atoms with Crippen molar-refractivity contribution in [3.63, 3.8) is 0 Å². The summed E-state index contributed by atoms with van der Waals surface area (Å²) in [7, 11) is 0. The number of cyclic esters (lactones) is 1. The SMILES string of the molecule is O=C1OCc2cc(O)c(F)cc2-c2ccc(O)cc21. The maximum Gasteiger partial charge on any atom is 0.339 e. The van der Waals surface area contributed by atoms with Crippen LogP contribution < -0.4 is 0 Å². The lowest BCUT2D eigenvalue weighted by molar-refractivity contribution is 0.0478. The number of hydrogen-bond acceptors (Lipinski definition) is 4. The van der Waals surface area contributed by atoms with Crippen LogP contribution in [0, 0.1) is 5.82 Å². The monoisotopic (exact) mass is 260 g/mol. The fourth-order valence-electron chi connectivity index (χ4n) is 2.13. The van der Waals surface area contributed by atoms with Crippen LogP contribution in [0.15, 0.2) is 30.3 Å². The number of halogens is 1. The smallest absolute Gasteiger partial charge is 0.339 e. The van der Waals surface area contributed by atoms with Crippen LogP contribution in [-0.4, -0.2) is 16.2 Å². The predicted molar refractivity (Wildman–Crippen MR) is 64.3 cm³/mol. The highest BCUT2D eigenvalue weighted by Gasteiger charge is 2.23. The Bertz CT molecular complexity index is 694.